The molecule has 208 valence electrons. The van der Waals surface area contributed by atoms with Crippen LogP contribution in [0.25, 0.3) is 11.3 Å². The van der Waals surface area contributed by atoms with Crippen molar-refractivity contribution in [2.24, 2.45) is 0 Å². The van der Waals surface area contributed by atoms with Crippen LogP contribution in [0.4, 0.5) is 15.2 Å². The number of amides is 2. The van der Waals surface area contributed by atoms with Gasteiger partial charge < -0.3 is 25.4 Å². The number of halogens is 2. The summed E-state index contributed by atoms with van der Waals surface area (Å²) in [4.78, 5) is 31.7. The van der Waals surface area contributed by atoms with Gasteiger partial charge in [0.15, 0.2) is 5.13 Å². The van der Waals surface area contributed by atoms with Crippen molar-refractivity contribution in [2.45, 2.75) is 45.3 Å². The summed E-state index contributed by atoms with van der Waals surface area (Å²) in [5.41, 5.74) is 2.22. The van der Waals surface area contributed by atoms with Crippen LogP contribution in [0.5, 0.6) is 0 Å². The third-order valence-corrected chi connectivity index (χ3v) is 7.56. The van der Waals surface area contributed by atoms with E-state index >= 15 is 0 Å². The zero-order chi connectivity index (χ0) is 28.3. The van der Waals surface area contributed by atoms with E-state index in [9.17, 15) is 19.1 Å². The second kappa shape index (κ2) is 12.0. The normalized spacial score (nSPS) is 17.7. The van der Waals surface area contributed by atoms with Crippen molar-refractivity contribution >= 4 is 45.6 Å². The molecule has 3 aromatic rings. The number of ether oxygens (including phenoxy) is 1. The molecule has 2 heterocycles. The average Bonchev–Trinajstić information content (AvgIpc) is 3.35. The van der Waals surface area contributed by atoms with E-state index < -0.39 is 17.2 Å². The van der Waals surface area contributed by atoms with E-state index in [-0.39, 0.29) is 31.2 Å². The van der Waals surface area contributed by atoms with Crippen molar-refractivity contribution in [3.63, 3.8) is 0 Å². The highest BCUT2D eigenvalue weighted by Crippen LogP contribution is 2.32. The van der Waals surface area contributed by atoms with Gasteiger partial charge in [0, 0.05) is 45.7 Å². The standard InChI is InChI=1S/C28H32ClFN4O4S/c1-16-12-34(13-17(2)38-16)21-8-19(7-20(30)10-21)24-14-39-27(32-24)33-25(36)11-31-26(37)18-5-6-23(29)22(9-18)28(3,4)15-35/h5-10,14,16-17,35H,11-13,15H2,1-4H3,(H,31,37)(H,32,33,36)/t16-,17+. The predicted molar refractivity (Wildman–Crippen MR) is 152 cm³/mol. The first-order valence-corrected chi connectivity index (χ1v) is 13.9. The lowest BCUT2D eigenvalue weighted by molar-refractivity contribution is -0.115. The zero-order valence-corrected chi connectivity index (χ0v) is 23.8. The smallest absolute Gasteiger partial charge is 0.251 e. The molecular weight excluding hydrogens is 543 g/mol. The van der Waals surface area contributed by atoms with Crippen LogP contribution >= 0.6 is 22.9 Å². The molecule has 1 aromatic heterocycles. The maximum absolute atomic E-state index is 14.5. The zero-order valence-electron chi connectivity index (χ0n) is 22.3. The van der Waals surface area contributed by atoms with Gasteiger partial charge in [0.25, 0.3) is 5.91 Å². The van der Waals surface area contributed by atoms with Crippen LogP contribution in [0.3, 0.4) is 0 Å². The minimum atomic E-state index is -0.630. The lowest BCUT2D eigenvalue weighted by Crippen LogP contribution is -2.45. The van der Waals surface area contributed by atoms with Crippen molar-refractivity contribution < 1.29 is 23.8 Å². The minimum absolute atomic E-state index is 0.0381. The van der Waals surface area contributed by atoms with Crippen LogP contribution in [0, 0.1) is 5.82 Å². The van der Waals surface area contributed by atoms with Gasteiger partial charge in [-0.25, -0.2) is 9.37 Å². The number of rotatable bonds is 8. The molecule has 2 atom stereocenters. The molecule has 8 nitrogen and oxygen atoms in total. The van der Waals surface area contributed by atoms with Gasteiger partial charge in [0.05, 0.1) is 31.1 Å². The Morgan fingerprint density at radius 3 is 2.62 bits per heavy atom. The van der Waals surface area contributed by atoms with Gasteiger partial charge >= 0.3 is 0 Å². The minimum Gasteiger partial charge on any atom is -0.395 e. The van der Waals surface area contributed by atoms with Gasteiger partial charge in [-0.15, -0.1) is 11.3 Å². The molecule has 1 aliphatic rings. The Labute approximate surface area is 236 Å². The fourth-order valence-electron chi connectivity index (χ4n) is 4.45. The molecule has 0 bridgehead atoms. The molecule has 3 N–H and O–H groups in total. The quantitative estimate of drug-likeness (QED) is 0.355. The predicted octanol–water partition coefficient (Wildman–Crippen LogP) is 4.85. The number of hydrogen-bond acceptors (Lipinski definition) is 7. The molecule has 1 fully saturated rings. The number of morpholine rings is 1. The van der Waals surface area contributed by atoms with Gasteiger partial charge in [-0.3, -0.25) is 9.59 Å². The summed E-state index contributed by atoms with van der Waals surface area (Å²) < 4.78 is 20.3. The van der Waals surface area contributed by atoms with Crippen LogP contribution in [-0.2, 0) is 14.9 Å². The van der Waals surface area contributed by atoms with E-state index in [1.54, 1.807) is 23.6 Å². The molecule has 2 amide bonds. The van der Waals surface area contributed by atoms with Crippen LogP contribution in [0.1, 0.15) is 43.6 Å². The number of aliphatic hydroxyl groups excluding tert-OH is 1. The third-order valence-electron chi connectivity index (χ3n) is 6.48. The van der Waals surface area contributed by atoms with E-state index in [0.717, 1.165) is 5.69 Å². The van der Waals surface area contributed by atoms with Crippen molar-refractivity contribution in [3.05, 3.63) is 63.7 Å². The van der Waals surface area contributed by atoms with Gasteiger partial charge in [0.2, 0.25) is 5.91 Å². The maximum Gasteiger partial charge on any atom is 0.251 e. The van der Waals surface area contributed by atoms with E-state index in [1.165, 1.54) is 23.5 Å². The number of nitrogens with one attached hydrogen (secondary N) is 2. The van der Waals surface area contributed by atoms with E-state index in [0.29, 0.717) is 45.6 Å². The summed E-state index contributed by atoms with van der Waals surface area (Å²) in [5.74, 6) is -1.27. The Morgan fingerprint density at radius 2 is 1.92 bits per heavy atom. The van der Waals surface area contributed by atoms with E-state index in [1.807, 2.05) is 33.8 Å². The molecular formula is C28H32ClFN4O4S. The maximum atomic E-state index is 14.5. The molecule has 4 rings (SSSR count). The van der Waals surface area contributed by atoms with Crippen molar-refractivity contribution in [3.8, 4) is 11.3 Å². The number of carbonyl (C=O) groups excluding carboxylic acids is 2. The molecule has 39 heavy (non-hydrogen) atoms. The fraction of sp³-hybridized carbons (Fsp3) is 0.393. The molecule has 1 saturated heterocycles. The van der Waals surface area contributed by atoms with E-state index in [4.69, 9.17) is 16.3 Å². The number of anilines is 2. The van der Waals surface area contributed by atoms with E-state index in [2.05, 4.69) is 20.5 Å². The molecule has 1 aliphatic heterocycles. The number of thiazole rings is 1. The molecule has 0 radical (unpaired) electrons. The fourth-order valence-corrected chi connectivity index (χ4v) is 5.56. The first-order chi connectivity index (χ1) is 18.4. The molecule has 0 saturated carbocycles. The Hall–Kier alpha value is -3.05. The van der Waals surface area contributed by atoms with Gasteiger partial charge in [0.1, 0.15) is 5.82 Å². The Bertz CT molecular complexity index is 1360. The number of aromatic nitrogens is 1. The first-order valence-electron chi connectivity index (χ1n) is 12.6. The number of aliphatic hydroxyl groups is 1. The monoisotopic (exact) mass is 574 g/mol. The molecule has 2 aromatic carbocycles. The highest BCUT2D eigenvalue weighted by atomic mass is 35.5. The van der Waals surface area contributed by atoms with Crippen LogP contribution in [0.2, 0.25) is 5.02 Å². The largest absolute Gasteiger partial charge is 0.395 e. The van der Waals surface area contributed by atoms with Crippen LogP contribution in [0.15, 0.2) is 41.8 Å². The summed E-state index contributed by atoms with van der Waals surface area (Å²) in [6.07, 6.45) is 0.0762. The summed E-state index contributed by atoms with van der Waals surface area (Å²) in [5, 5.41) is 17.4. The average molecular weight is 575 g/mol. The molecule has 0 aliphatic carbocycles. The van der Waals surface area contributed by atoms with Gasteiger partial charge in [-0.2, -0.15) is 0 Å². The van der Waals surface area contributed by atoms with Crippen molar-refractivity contribution in [1.82, 2.24) is 10.3 Å². The van der Waals surface area contributed by atoms with Crippen LogP contribution in [-0.4, -0.2) is 60.4 Å². The topological polar surface area (TPSA) is 104 Å². The number of benzene rings is 2. The molecule has 0 spiro atoms. The highest BCUT2D eigenvalue weighted by molar-refractivity contribution is 7.14. The number of carbonyl (C=O) groups is 2. The number of nitrogens with zero attached hydrogens (tertiary/aromatic N) is 2. The third kappa shape index (κ3) is 7.13. The van der Waals surface area contributed by atoms with Gasteiger partial charge in [-0.1, -0.05) is 25.4 Å². The summed E-state index contributed by atoms with van der Waals surface area (Å²) >= 11 is 7.47. The number of hydrogen-bond donors (Lipinski definition) is 3. The summed E-state index contributed by atoms with van der Waals surface area (Å²) in [6, 6.07) is 9.57. The molecule has 11 heteroatoms. The van der Waals surface area contributed by atoms with Crippen molar-refractivity contribution in [2.75, 3.05) is 36.5 Å². The lowest BCUT2D eigenvalue weighted by atomic mass is 9.84. The second-order valence-corrected chi connectivity index (χ2v) is 11.6. The van der Waals surface area contributed by atoms with Gasteiger partial charge in [-0.05, 0) is 55.8 Å². The summed E-state index contributed by atoms with van der Waals surface area (Å²) in [6.45, 7) is 8.53. The second-order valence-electron chi connectivity index (χ2n) is 10.4. The first kappa shape index (κ1) is 28.9. The Balaban J connectivity index is 1.39. The Morgan fingerprint density at radius 1 is 1.21 bits per heavy atom. The van der Waals surface area contributed by atoms with Crippen LogP contribution < -0.4 is 15.5 Å². The highest BCUT2D eigenvalue weighted by Gasteiger charge is 2.25. The lowest BCUT2D eigenvalue weighted by Gasteiger charge is -2.37. The van der Waals surface area contributed by atoms with Crippen molar-refractivity contribution in [1.29, 1.82) is 0 Å². The SMILES string of the molecule is C[C@@H]1CN(c2cc(F)cc(-c3csc(NC(=O)CNC(=O)c4ccc(Cl)c(C(C)(C)CO)c4)n3)c2)C[C@H](C)O1. The summed E-state index contributed by atoms with van der Waals surface area (Å²) in [7, 11) is 0. The Kier molecular flexibility index (Phi) is 8.90. The molecule has 0 unspecified atom stereocenters.